The van der Waals surface area contributed by atoms with Crippen molar-refractivity contribution in [2.24, 2.45) is 0 Å². The van der Waals surface area contributed by atoms with Crippen LogP contribution in [-0.4, -0.2) is 30.8 Å². The molecule has 2 amide bonds. The number of rotatable bonds is 7. The van der Waals surface area contributed by atoms with E-state index in [1.807, 2.05) is 48.0 Å². The quantitative estimate of drug-likeness (QED) is 0.720. The monoisotopic (exact) mass is 348 g/mol. The second-order valence-corrected chi connectivity index (χ2v) is 6.85. The Morgan fingerprint density at radius 2 is 2.21 bits per heavy atom. The number of carbonyl (C=O) groups excluding carboxylic acids is 1. The average Bonchev–Trinajstić information content (AvgIpc) is 3.08. The lowest BCUT2D eigenvalue weighted by molar-refractivity contribution is 0.0597. The number of hydrogen-bond acceptors (Lipinski definition) is 4. The first kappa shape index (κ1) is 18.3. The van der Waals surface area contributed by atoms with Gasteiger partial charge in [0.1, 0.15) is 11.4 Å². The van der Waals surface area contributed by atoms with Crippen LogP contribution >= 0.6 is 11.3 Å². The minimum atomic E-state index is -1.08. The predicted molar refractivity (Wildman–Crippen MR) is 96.6 cm³/mol. The molecular formula is C18H24N2O3S. The third-order valence-corrected chi connectivity index (χ3v) is 4.47. The highest BCUT2D eigenvalue weighted by molar-refractivity contribution is 7.08. The van der Waals surface area contributed by atoms with Crippen LogP contribution in [0.25, 0.3) is 0 Å². The Bertz CT molecular complexity index is 656. The van der Waals surface area contributed by atoms with E-state index in [1.165, 1.54) is 11.3 Å². The Labute approximate surface area is 146 Å². The van der Waals surface area contributed by atoms with Crippen molar-refractivity contribution >= 4 is 17.4 Å². The molecule has 1 aromatic heterocycles. The van der Waals surface area contributed by atoms with Crippen LogP contribution in [0.1, 0.15) is 25.0 Å². The van der Waals surface area contributed by atoms with Crippen molar-refractivity contribution in [1.82, 2.24) is 10.6 Å². The van der Waals surface area contributed by atoms with Crippen LogP contribution in [0.15, 0.2) is 41.1 Å². The molecule has 3 N–H and O–H groups in total. The number of carbonyl (C=O) groups is 1. The van der Waals surface area contributed by atoms with E-state index in [4.69, 9.17) is 4.74 Å². The van der Waals surface area contributed by atoms with Gasteiger partial charge >= 0.3 is 6.03 Å². The number of nitrogens with one attached hydrogen (secondary N) is 2. The molecule has 2 atom stereocenters. The van der Waals surface area contributed by atoms with E-state index >= 15 is 0 Å². The van der Waals surface area contributed by atoms with Gasteiger partial charge in [-0.2, -0.15) is 11.3 Å². The summed E-state index contributed by atoms with van der Waals surface area (Å²) in [6.07, 6.45) is 0.700. The molecule has 0 aliphatic carbocycles. The third kappa shape index (κ3) is 5.25. The molecule has 24 heavy (non-hydrogen) atoms. The zero-order valence-electron chi connectivity index (χ0n) is 14.2. The summed E-state index contributed by atoms with van der Waals surface area (Å²) in [6, 6.07) is 9.30. The molecule has 0 aliphatic rings. The molecule has 1 aromatic carbocycles. The molecule has 0 spiro atoms. The highest BCUT2D eigenvalue weighted by Crippen LogP contribution is 2.22. The van der Waals surface area contributed by atoms with Gasteiger partial charge in [0.15, 0.2) is 0 Å². The third-order valence-electron chi connectivity index (χ3n) is 3.79. The van der Waals surface area contributed by atoms with Crippen molar-refractivity contribution in [2.75, 3.05) is 13.7 Å². The fraction of sp³-hybridized carbons (Fsp3) is 0.389. The van der Waals surface area contributed by atoms with Crippen LogP contribution in [0.2, 0.25) is 0 Å². The summed E-state index contributed by atoms with van der Waals surface area (Å²) in [7, 11) is 1.63. The largest absolute Gasteiger partial charge is 0.497 e. The summed E-state index contributed by atoms with van der Waals surface area (Å²) < 4.78 is 5.20. The van der Waals surface area contributed by atoms with Crippen LogP contribution < -0.4 is 15.4 Å². The molecule has 0 unspecified atom stereocenters. The van der Waals surface area contributed by atoms with Crippen LogP contribution in [0.5, 0.6) is 5.75 Å². The second-order valence-electron chi connectivity index (χ2n) is 6.07. The maximum atomic E-state index is 12.0. The van der Waals surface area contributed by atoms with Gasteiger partial charge in [0, 0.05) is 6.04 Å². The van der Waals surface area contributed by atoms with Gasteiger partial charge in [0.05, 0.1) is 13.7 Å². The van der Waals surface area contributed by atoms with Crippen molar-refractivity contribution in [3.63, 3.8) is 0 Å². The Morgan fingerprint density at radius 3 is 2.88 bits per heavy atom. The summed E-state index contributed by atoms with van der Waals surface area (Å²) in [5.74, 6) is 0.802. The minimum absolute atomic E-state index is 0.0387. The highest BCUT2D eigenvalue weighted by Gasteiger charge is 2.24. The molecule has 5 nitrogen and oxygen atoms in total. The number of thiophene rings is 1. The molecule has 0 aliphatic heterocycles. The van der Waals surface area contributed by atoms with Crippen molar-refractivity contribution in [2.45, 2.75) is 31.9 Å². The van der Waals surface area contributed by atoms with E-state index in [1.54, 1.807) is 14.0 Å². The first-order valence-corrected chi connectivity index (χ1v) is 8.77. The van der Waals surface area contributed by atoms with E-state index < -0.39 is 5.60 Å². The molecular weight excluding hydrogens is 324 g/mol. The lowest BCUT2D eigenvalue weighted by atomic mass is 9.99. The molecule has 130 valence electrons. The summed E-state index contributed by atoms with van der Waals surface area (Å²) in [5, 5.41) is 19.8. The van der Waals surface area contributed by atoms with E-state index in [0.717, 1.165) is 16.9 Å². The van der Waals surface area contributed by atoms with Crippen LogP contribution in [-0.2, 0) is 12.0 Å². The second kappa shape index (κ2) is 8.17. The summed E-state index contributed by atoms with van der Waals surface area (Å²) in [6.45, 7) is 3.78. The number of amides is 2. The molecule has 2 rings (SSSR count). The summed E-state index contributed by atoms with van der Waals surface area (Å²) in [5.41, 5.74) is 0.817. The standard InChI is InChI=1S/C18H24N2O3S/c1-13(9-14-5-4-6-16(10-14)23-3)20-17(21)19-12-18(2,22)15-7-8-24-11-15/h4-8,10-11,13,22H,9,12H2,1-3H3,(H2,19,20,21)/t13-,18-/m1/s1. The molecule has 0 fully saturated rings. The van der Waals surface area contributed by atoms with Crippen LogP contribution in [0.3, 0.4) is 0 Å². The number of methoxy groups -OCH3 is 1. The van der Waals surface area contributed by atoms with E-state index in [0.29, 0.717) is 6.42 Å². The molecule has 0 bridgehead atoms. The van der Waals surface area contributed by atoms with Crippen molar-refractivity contribution in [3.05, 3.63) is 52.2 Å². The SMILES string of the molecule is COc1cccc(C[C@@H](C)NC(=O)NC[C@@](C)(O)c2ccsc2)c1. The maximum Gasteiger partial charge on any atom is 0.315 e. The Balaban J connectivity index is 1.81. The van der Waals surface area contributed by atoms with Crippen molar-refractivity contribution in [3.8, 4) is 5.75 Å². The van der Waals surface area contributed by atoms with Crippen LogP contribution in [0, 0.1) is 0 Å². The predicted octanol–water partition coefficient (Wildman–Crippen LogP) is 2.89. The zero-order chi connectivity index (χ0) is 17.6. The van der Waals surface area contributed by atoms with Gasteiger partial charge < -0.3 is 20.5 Å². The maximum absolute atomic E-state index is 12.0. The molecule has 6 heteroatoms. The number of hydrogen-bond donors (Lipinski definition) is 3. The summed E-state index contributed by atoms with van der Waals surface area (Å²) in [4.78, 5) is 12.0. The fourth-order valence-electron chi connectivity index (χ4n) is 2.40. The highest BCUT2D eigenvalue weighted by atomic mass is 32.1. The smallest absolute Gasteiger partial charge is 0.315 e. The topological polar surface area (TPSA) is 70.6 Å². The van der Waals surface area contributed by atoms with Gasteiger partial charge in [-0.15, -0.1) is 0 Å². The number of aliphatic hydroxyl groups is 1. The van der Waals surface area contributed by atoms with Gasteiger partial charge in [0.2, 0.25) is 0 Å². The Morgan fingerprint density at radius 1 is 1.42 bits per heavy atom. The molecule has 1 heterocycles. The van der Waals surface area contributed by atoms with Crippen LogP contribution in [0.4, 0.5) is 4.79 Å². The summed E-state index contributed by atoms with van der Waals surface area (Å²) >= 11 is 1.52. The minimum Gasteiger partial charge on any atom is -0.497 e. The van der Waals surface area contributed by atoms with E-state index in [-0.39, 0.29) is 18.6 Å². The first-order chi connectivity index (χ1) is 11.4. The Kier molecular flexibility index (Phi) is 6.23. The van der Waals surface area contributed by atoms with Gasteiger partial charge in [-0.05, 0) is 60.4 Å². The molecule has 0 radical (unpaired) electrons. The van der Waals surface area contributed by atoms with E-state index in [9.17, 15) is 9.90 Å². The number of urea groups is 1. The zero-order valence-corrected chi connectivity index (χ0v) is 15.0. The fourth-order valence-corrected chi connectivity index (χ4v) is 3.19. The van der Waals surface area contributed by atoms with Crippen molar-refractivity contribution in [1.29, 1.82) is 0 Å². The lowest BCUT2D eigenvalue weighted by Crippen LogP contribution is -2.46. The Hall–Kier alpha value is -2.05. The van der Waals surface area contributed by atoms with Gasteiger partial charge in [-0.25, -0.2) is 4.79 Å². The van der Waals surface area contributed by atoms with Gasteiger partial charge in [0.25, 0.3) is 0 Å². The molecule has 2 aromatic rings. The number of ether oxygens (including phenoxy) is 1. The normalized spacial score (nSPS) is 14.5. The lowest BCUT2D eigenvalue weighted by Gasteiger charge is -2.23. The molecule has 0 saturated carbocycles. The van der Waals surface area contributed by atoms with Gasteiger partial charge in [-0.3, -0.25) is 0 Å². The van der Waals surface area contributed by atoms with Crippen molar-refractivity contribution < 1.29 is 14.6 Å². The van der Waals surface area contributed by atoms with E-state index in [2.05, 4.69) is 10.6 Å². The first-order valence-electron chi connectivity index (χ1n) is 7.83. The molecule has 0 saturated heterocycles. The average molecular weight is 348 g/mol. The number of benzene rings is 1. The van der Waals surface area contributed by atoms with Gasteiger partial charge in [-0.1, -0.05) is 12.1 Å².